The van der Waals surface area contributed by atoms with Crippen molar-refractivity contribution in [2.24, 2.45) is 5.92 Å². The van der Waals surface area contributed by atoms with Crippen LogP contribution in [0.3, 0.4) is 0 Å². The van der Waals surface area contributed by atoms with Crippen molar-refractivity contribution >= 4 is 0 Å². The molecule has 0 aromatic carbocycles. The predicted molar refractivity (Wildman–Crippen MR) is 58.0 cm³/mol. The lowest BCUT2D eigenvalue weighted by Gasteiger charge is -2.37. The second-order valence-corrected chi connectivity index (χ2v) is 4.52. The van der Waals surface area contributed by atoms with Gasteiger partial charge in [0, 0.05) is 25.7 Å². The minimum atomic E-state index is 0.786. The Morgan fingerprint density at radius 2 is 2.23 bits per heavy atom. The lowest BCUT2D eigenvalue weighted by Crippen LogP contribution is -2.51. The molecule has 0 radical (unpaired) electrons. The predicted octanol–water partition coefficient (Wildman–Crippen LogP) is 1.72. The highest BCUT2D eigenvalue weighted by Crippen LogP contribution is 2.13. The van der Waals surface area contributed by atoms with E-state index in [4.69, 9.17) is 0 Å². The van der Waals surface area contributed by atoms with Gasteiger partial charge < -0.3 is 5.32 Å². The van der Waals surface area contributed by atoms with Gasteiger partial charge in [-0.25, -0.2) is 0 Å². The van der Waals surface area contributed by atoms with Crippen LogP contribution in [0.4, 0.5) is 0 Å². The van der Waals surface area contributed by atoms with Gasteiger partial charge in [-0.2, -0.15) is 0 Å². The Morgan fingerprint density at radius 1 is 1.46 bits per heavy atom. The van der Waals surface area contributed by atoms with E-state index in [1.165, 1.54) is 39.0 Å². The molecule has 1 N–H and O–H groups in total. The number of nitrogens with one attached hydrogen (secondary N) is 1. The fourth-order valence-electron chi connectivity index (χ4n) is 2.16. The van der Waals surface area contributed by atoms with Crippen molar-refractivity contribution in [2.45, 2.75) is 39.7 Å². The number of rotatable bonds is 4. The van der Waals surface area contributed by atoms with Crippen LogP contribution < -0.4 is 5.32 Å². The van der Waals surface area contributed by atoms with Gasteiger partial charge in [-0.15, -0.1) is 0 Å². The van der Waals surface area contributed by atoms with Gasteiger partial charge in [-0.3, -0.25) is 4.90 Å². The highest BCUT2D eigenvalue weighted by Gasteiger charge is 2.21. The molecule has 2 heteroatoms. The third-order valence-corrected chi connectivity index (χ3v) is 2.73. The van der Waals surface area contributed by atoms with E-state index in [1.807, 2.05) is 0 Å². The Balaban J connectivity index is 2.36. The summed E-state index contributed by atoms with van der Waals surface area (Å²) in [5.41, 5.74) is 0. The van der Waals surface area contributed by atoms with Gasteiger partial charge >= 0.3 is 0 Å². The molecule has 1 unspecified atom stereocenters. The fraction of sp³-hybridized carbons (Fsp3) is 1.00. The zero-order valence-corrected chi connectivity index (χ0v) is 9.34. The normalized spacial score (nSPS) is 25.4. The molecule has 2 nitrogen and oxygen atoms in total. The molecule has 0 bridgehead atoms. The van der Waals surface area contributed by atoms with Crippen molar-refractivity contribution in [2.75, 3.05) is 26.2 Å². The standard InChI is InChI=1S/C11H24N2/c1-4-6-13-7-5-12-9-11(13)8-10(2)3/h10-12H,4-9H2,1-3H3. The van der Waals surface area contributed by atoms with Crippen molar-refractivity contribution in [1.82, 2.24) is 10.2 Å². The number of piperazine rings is 1. The van der Waals surface area contributed by atoms with Crippen LogP contribution >= 0.6 is 0 Å². The third-order valence-electron chi connectivity index (χ3n) is 2.73. The molecule has 1 saturated heterocycles. The summed E-state index contributed by atoms with van der Waals surface area (Å²) in [5, 5.41) is 3.49. The molecule has 0 aromatic rings. The molecule has 0 aromatic heterocycles. The van der Waals surface area contributed by atoms with E-state index in [2.05, 4.69) is 31.0 Å². The van der Waals surface area contributed by atoms with Crippen molar-refractivity contribution in [1.29, 1.82) is 0 Å². The maximum Gasteiger partial charge on any atom is 0.0223 e. The molecule has 1 aliphatic rings. The first-order chi connectivity index (χ1) is 6.24. The zero-order valence-electron chi connectivity index (χ0n) is 9.34. The summed E-state index contributed by atoms with van der Waals surface area (Å²) in [6, 6.07) is 0.786. The van der Waals surface area contributed by atoms with Crippen LogP contribution in [-0.4, -0.2) is 37.1 Å². The minimum Gasteiger partial charge on any atom is -0.314 e. The summed E-state index contributed by atoms with van der Waals surface area (Å²) in [7, 11) is 0. The Morgan fingerprint density at radius 3 is 2.85 bits per heavy atom. The van der Waals surface area contributed by atoms with E-state index in [9.17, 15) is 0 Å². The number of nitrogens with zero attached hydrogens (tertiary/aromatic N) is 1. The summed E-state index contributed by atoms with van der Waals surface area (Å²) in [6.45, 7) is 11.8. The van der Waals surface area contributed by atoms with Gasteiger partial charge in [-0.05, 0) is 25.3 Å². The fourth-order valence-corrected chi connectivity index (χ4v) is 2.16. The smallest absolute Gasteiger partial charge is 0.0223 e. The highest BCUT2D eigenvalue weighted by atomic mass is 15.2. The maximum atomic E-state index is 3.49. The molecular formula is C11H24N2. The average Bonchev–Trinajstić information content (AvgIpc) is 2.08. The van der Waals surface area contributed by atoms with Crippen molar-refractivity contribution in [3.05, 3.63) is 0 Å². The molecule has 1 aliphatic heterocycles. The van der Waals surface area contributed by atoms with E-state index in [0.29, 0.717) is 0 Å². The summed E-state index contributed by atoms with van der Waals surface area (Å²) < 4.78 is 0. The lowest BCUT2D eigenvalue weighted by molar-refractivity contribution is 0.142. The molecule has 13 heavy (non-hydrogen) atoms. The quantitative estimate of drug-likeness (QED) is 0.715. The third kappa shape index (κ3) is 3.65. The largest absolute Gasteiger partial charge is 0.314 e. The first kappa shape index (κ1) is 11.0. The second-order valence-electron chi connectivity index (χ2n) is 4.52. The molecule has 0 aliphatic carbocycles. The Hall–Kier alpha value is -0.0800. The van der Waals surface area contributed by atoms with Gasteiger partial charge in [-0.1, -0.05) is 20.8 Å². The second kappa shape index (κ2) is 5.61. The van der Waals surface area contributed by atoms with Crippen LogP contribution in [0.2, 0.25) is 0 Å². The summed E-state index contributed by atoms with van der Waals surface area (Å²) in [5.74, 6) is 0.823. The van der Waals surface area contributed by atoms with Gasteiger partial charge in [0.05, 0.1) is 0 Å². The molecular weight excluding hydrogens is 160 g/mol. The number of hydrogen-bond acceptors (Lipinski definition) is 2. The first-order valence-corrected chi connectivity index (χ1v) is 5.68. The molecule has 1 fully saturated rings. The molecule has 0 amide bonds. The first-order valence-electron chi connectivity index (χ1n) is 5.68. The topological polar surface area (TPSA) is 15.3 Å². The van der Waals surface area contributed by atoms with Crippen LogP contribution in [0.15, 0.2) is 0 Å². The van der Waals surface area contributed by atoms with Crippen LogP contribution in [0, 0.1) is 5.92 Å². The van der Waals surface area contributed by atoms with Crippen LogP contribution in [0.25, 0.3) is 0 Å². The zero-order chi connectivity index (χ0) is 9.68. The van der Waals surface area contributed by atoms with Gasteiger partial charge in [0.25, 0.3) is 0 Å². The van der Waals surface area contributed by atoms with E-state index < -0.39 is 0 Å². The summed E-state index contributed by atoms with van der Waals surface area (Å²) >= 11 is 0. The Bertz CT molecular complexity index is 132. The number of hydrogen-bond donors (Lipinski definition) is 1. The van der Waals surface area contributed by atoms with E-state index >= 15 is 0 Å². The Kier molecular flexibility index (Phi) is 4.74. The molecule has 78 valence electrons. The van der Waals surface area contributed by atoms with Crippen LogP contribution in [0.1, 0.15) is 33.6 Å². The van der Waals surface area contributed by atoms with Crippen LogP contribution in [-0.2, 0) is 0 Å². The lowest BCUT2D eigenvalue weighted by atomic mass is 10.0. The minimum absolute atomic E-state index is 0.786. The SMILES string of the molecule is CCCN1CCNCC1CC(C)C. The maximum absolute atomic E-state index is 3.49. The van der Waals surface area contributed by atoms with Gasteiger partial charge in [0.2, 0.25) is 0 Å². The molecule has 0 spiro atoms. The Labute approximate surface area is 82.7 Å². The van der Waals surface area contributed by atoms with E-state index in [-0.39, 0.29) is 0 Å². The highest BCUT2D eigenvalue weighted by molar-refractivity contribution is 4.80. The summed E-state index contributed by atoms with van der Waals surface area (Å²) in [6.07, 6.45) is 2.63. The van der Waals surface area contributed by atoms with E-state index in [1.54, 1.807) is 0 Å². The average molecular weight is 184 g/mol. The van der Waals surface area contributed by atoms with Crippen LogP contribution in [0.5, 0.6) is 0 Å². The van der Waals surface area contributed by atoms with Crippen molar-refractivity contribution in [3.63, 3.8) is 0 Å². The molecule has 1 heterocycles. The molecule has 0 saturated carbocycles. The summed E-state index contributed by atoms with van der Waals surface area (Å²) in [4.78, 5) is 2.65. The van der Waals surface area contributed by atoms with E-state index in [0.717, 1.165) is 12.0 Å². The van der Waals surface area contributed by atoms with Crippen molar-refractivity contribution in [3.8, 4) is 0 Å². The van der Waals surface area contributed by atoms with Gasteiger partial charge in [0.1, 0.15) is 0 Å². The van der Waals surface area contributed by atoms with Crippen molar-refractivity contribution < 1.29 is 0 Å². The molecule has 1 atom stereocenters. The van der Waals surface area contributed by atoms with Gasteiger partial charge in [0.15, 0.2) is 0 Å². The molecule has 1 rings (SSSR count). The monoisotopic (exact) mass is 184 g/mol.